The molecule has 2 aromatic rings. The van der Waals surface area contributed by atoms with E-state index in [9.17, 15) is 9.59 Å². The number of aromatic nitrogens is 3. The normalized spacial score (nSPS) is 23.0. The van der Waals surface area contributed by atoms with Gasteiger partial charge in [-0.25, -0.2) is 4.98 Å². The number of ether oxygens (including phenoxy) is 1. The monoisotopic (exact) mass is 371 g/mol. The van der Waals surface area contributed by atoms with Crippen molar-refractivity contribution in [3.05, 3.63) is 36.2 Å². The number of rotatable bonds is 4. The summed E-state index contributed by atoms with van der Waals surface area (Å²) in [5.74, 6) is -0.381. The van der Waals surface area contributed by atoms with Crippen molar-refractivity contribution in [2.75, 3.05) is 39.3 Å². The Labute approximate surface area is 155 Å². The van der Waals surface area contributed by atoms with Crippen molar-refractivity contribution in [3.8, 4) is 11.4 Å². The highest BCUT2D eigenvalue weighted by molar-refractivity contribution is 6.00. The van der Waals surface area contributed by atoms with Crippen LogP contribution < -0.4 is 0 Å². The molecule has 0 aliphatic carbocycles. The van der Waals surface area contributed by atoms with Gasteiger partial charge in [-0.05, 0) is 12.5 Å². The molecule has 0 bridgehead atoms. The van der Waals surface area contributed by atoms with Crippen LogP contribution in [0.4, 0.5) is 0 Å². The number of nitrogens with one attached hydrogen (secondary N) is 1. The predicted octanol–water partition coefficient (Wildman–Crippen LogP) is 0.473. The number of aromatic amines is 1. The van der Waals surface area contributed by atoms with Crippen molar-refractivity contribution < 1.29 is 19.4 Å². The Kier molecular flexibility index (Phi) is 4.63. The number of H-pyrrole nitrogens is 1. The fraction of sp³-hybridized carbons (Fsp3) is 0.444. The molecule has 2 aliphatic rings. The van der Waals surface area contributed by atoms with E-state index in [1.807, 2.05) is 23.1 Å². The molecule has 9 heteroatoms. The average Bonchev–Trinajstić information content (AvgIpc) is 3.32. The third kappa shape index (κ3) is 3.56. The van der Waals surface area contributed by atoms with Crippen LogP contribution in [-0.2, 0) is 9.53 Å². The second-order valence-electron chi connectivity index (χ2n) is 6.99. The molecule has 1 spiro atoms. The van der Waals surface area contributed by atoms with Crippen LogP contribution in [0.5, 0.6) is 0 Å². The van der Waals surface area contributed by atoms with Gasteiger partial charge in [0.2, 0.25) is 0 Å². The molecule has 1 amide bonds. The molecule has 142 valence electrons. The molecule has 1 aromatic carbocycles. The smallest absolute Gasteiger partial charge is 0.317 e. The number of carboxylic acids is 1. The second kappa shape index (κ2) is 7.09. The molecule has 9 nitrogen and oxygen atoms in total. The van der Waals surface area contributed by atoms with Crippen LogP contribution in [0.15, 0.2) is 30.6 Å². The Hall–Kier alpha value is -2.78. The molecular weight excluding hydrogens is 350 g/mol. The molecular formula is C18H21N5O4. The van der Waals surface area contributed by atoms with Crippen molar-refractivity contribution >= 4 is 11.9 Å². The number of amides is 1. The molecule has 0 radical (unpaired) electrons. The third-order valence-electron chi connectivity index (χ3n) is 5.12. The molecule has 1 unspecified atom stereocenters. The summed E-state index contributed by atoms with van der Waals surface area (Å²) < 4.78 is 6.00. The van der Waals surface area contributed by atoms with Crippen LogP contribution in [0.3, 0.4) is 0 Å². The molecule has 0 saturated carbocycles. The Morgan fingerprint density at radius 1 is 1.26 bits per heavy atom. The molecule has 3 heterocycles. The van der Waals surface area contributed by atoms with Crippen molar-refractivity contribution in [2.24, 2.45) is 0 Å². The molecule has 1 atom stereocenters. The van der Waals surface area contributed by atoms with Gasteiger partial charge in [-0.15, -0.1) is 0 Å². The van der Waals surface area contributed by atoms with Gasteiger partial charge >= 0.3 is 5.97 Å². The van der Waals surface area contributed by atoms with E-state index in [0.717, 1.165) is 0 Å². The third-order valence-corrected chi connectivity index (χ3v) is 5.12. The minimum atomic E-state index is -0.850. The molecule has 4 rings (SSSR count). The van der Waals surface area contributed by atoms with Gasteiger partial charge in [-0.2, -0.15) is 5.10 Å². The first kappa shape index (κ1) is 17.6. The molecule has 2 fully saturated rings. The first-order chi connectivity index (χ1) is 13.1. The lowest BCUT2D eigenvalue weighted by Crippen LogP contribution is -2.55. The lowest BCUT2D eigenvalue weighted by atomic mass is 9.99. The van der Waals surface area contributed by atoms with E-state index in [1.54, 1.807) is 11.0 Å². The van der Waals surface area contributed by atoms with Crippen LogP contribution in [0.1, 0.15) is 16.8 Å². The number of hydrogen-bond acceptors (Lipinski definition) is 6. The fourth-order valence-corrected chi connectivity index (χ4v) is 3.90. The minimum absolute atomic E-state index is 0.00656. The highest BCUT2D eigenvalue weighted by Gasteiger charge is 2.44. The summed E-state index contributed by atoms with van der Waals surface area (Å²) in [5.41, 5.74) is 0.774. The number of carboxylic acid groups (broad SMARTS) is 1. The molecule has 27 heavy (non-hydrogen) atoms. The summed E-state index contributed by atoms with van der Waals surface area (Å²) >= 11 is 0. The number of carbonyl (C=O) groups excluding carboxylic acids is 1. The van der Waals surface area contributed by atoms with Gasteiger partial charge in [0.15, 0.2) is 5.82 Å². The standard InChI is InChI=1S/C18H21N5O4/c24-15(25)9-22-6-5-18(10-22)11-23(7-8-27-18)17(26)14-4-2-1-3-13(14)16-19-12-20-21-16/h1-4,12H,5-11H2,(H,24,25)(H,19,20,21). The quantitative estimate of drug-likeness (QED) is 0.804. The number of carbonyl (C=O) groups is 2. The summed E-state index contributed by atoms with van der Waals surface area (Å²) in [5, 5.41) is 15.7. The zero-order valence-electron chi connectivity index (χ0n) is 14.8. The highest BCUT2D eigenvalue weighted by atomic mass is 16.5. The minimum Gasteiger partial charge on any atom is -0.480 e. The molecule has 2 N–H and O–H groups in total. The largest absolute Gasteiger partial charge is 0.480 e. The summed E-state index contributed by atoms with van der Waals surface area (Å²) in [6.45, 7) is 2.57. The van der Waals surface area contributed by atoms with Gasteiger partial charge < -0.3 is 14.7 Å². The van der Waals surface area contributed by atoms with E-state index < -0.39 is 11.6 Å². The second-order valence-corrected chi connectivity index (χ2v) is 6.99. The number of benzene rings is 1. The maximum atomic E-state index is 13.2. The number of hydrogen-bond donors (Lipinski definition) is 2. The van der Waals surface area contributed by atoms with Crippen LogP contribution in [0.25, 0.3) is 11.4 Å². The van der Waals surface area contributed by atoms with Crippen LogP contribution in [-0.4, -0.2) is 86.9 Å². The van der Waals surface area contributed by atoms with Crippen molar-refractivity contribution in [3.63, 3.8) is 0 Å². The average molecular weight is 371 g/mol. The highest BCUT2D eigenvalue weighted by Crippen LogP contribution is 2.30. The number of nitrogens with zero attached hydrogens (tertiary/aromatic N) is 4. The maximum absolute atomic E-state index is 13.2. The van der Waals surface area contributed by atoms with E-state index in [4.69, 9.17) is 9.84 Å². The van der Waals surface area contributed by atoms with E-state index in [1.165, 1.54) is 6.33 Å². The Morgan fingerprint density at radius 2 is 2.11 bits per heavy atom. The van der Waals surface area contributed by atoms with Crippen molar-refractivity contribution in [1.29, 1.82) is 0 Å². The van der Waals surface area contributed by atoms with Gasteiger partial charge in [0.25, 0.3) is 5.91 Å². The summed E-state index contributed by atoms with van der Waals surface area (Å²) in [6, 6.07) is 7.31. The lowest BCUT2D eigenvalue weighted by Gasteiger charge is -2.40. The van der Waals surface area contributed by atoms with E-state index in [-0.39, 0.29) is 12.5 Å². The van der Waals surface area contributed by atoms with Crippen molar-refractivity contribution in [1.82, 2.24) is 25.0 Å². The van der Waals surface area contributed by atoms with Crippen molar-refractivity contribution in [2.45, 2.75) is 12.0 Å². The van der Waals surface area contributed by atoms with Gasteiger partial charge in [0.1, 0.15) is 6.33 Å². The first-order valence-corrected chi connectivity index (χ1v) is 8.88. The molecule has 2 saturated heterocycles. The molecule has 2 aliphatic heterocycles. The zero-order chi connectivity index (χ0) is 18.9. The topological polar surface area (TPSA) is 112 Å². The Balaban J connectivity index is 1.53. The SMILES string of the molecule is O=C(O)CN1CCC2(C1)CN(C(=O)c1ccccc1-c1ncn[nH]1)CCO2. The van der Waals surface area contributed by atoms with Crippen LogP contribution in [0.2, 0.25) is 0 Å². The fourth-order valence-electron chi connectivity index (χ4n) is 3.90. The van der Waals surface area contributed by atoms with E-state index in [2.05, 4.69) is 15.2 Å². The molecule has 1 aromatic heterocycles. The Bertz CT molecular complexity index is 840. The summed E-state index contributed by atoms with van der Waals surface area (Å²) in [7, 11) is 0. The van der Waals surface area contributed by atoms with Gasteiger partial charge in [-0.1, -0.05) is 18.2 Å². The number of likely N-dealkylation sites (tertiary alicyclic amines) is 1. The lowest BCUT2D eigenvalue weighted by molar-refractivity contribution is -0.138. The zero-order valence-corrected chi connectivity index (χ0v) is 14.8. The van der Waals surface area contributed by atoms with E-state index >= 15 is 0 Å². The van der Waals surface area contributed by atoms with Crippen LogP contribution in [0, 0.1) is 0 Å². The van der Waals surface area contributed by atoms with Gasteiger partial charge in [0, 0.05) is 25.2 Å². The predicted molar refractivity (Wildman–Crippen MR) is 95.1 cm³/mol. The number of aliphatic carboxylic acids is 1. The summed E-state index contributed by atoms with van der Waals surface area (Å²) in [4.78, 5) is 32.0. The Morgan fingerprint density at radius 3 is 2.89 bits per heavy atom. The van der Waals surface area contributed by atoms with Gasteiger partial charge in [-0.3, -0.25) is 19.6 Å². The maximum Gasteiger partial charge on any atom is 0.317 e. The van der Waals surface area contributed by atoms with E-state index in [0.29, 0.717) is 56.2 Å². The first-order valence-electron chi connectivity index (χ1n) is 8.88. The van der Waals surface area contributed by atoms with Gasteiger partial charge in [0.05, 0.1) is 30.9 Å². The van der Waals surface area contributed by atoms with Crippen LogP contribution >= 0.6 is 0 Å². The summed E-state index contributed by atoms with van der Waals surface area (Å²) in [6.07, 6.45) is 2.13. The number of morpholine rings is 1.